The van der Waals surface area contributed by atoms with Crippen LogP contribution in [0.1, 0.15) is 45.4 Å². The number of hydrogen-bond acceptors (Lipinski definition) is 3. The number of nitrogens with zero attached hydrogens (tertiary/aromatic N) is 1. The normalized spacial score (nSPS) is 21.5. The smallest absolute Gasteiger partial charge is 0.268 e. The van der Waals surface area contributed by atoms with Crippen molar-refractivity contribution < 1.29 is 14.3 Å². The third-order valence-electron chi connectivity index (χ3n) is 4.61. The van der Waals surface area contributed by atoms with Crippen LogP contribution in [0.15, 0.2) is 24.3 Å². The monoisotopic (exact) mass is 316 g/mol. The van der Waals surface area contributed by atoms with Crippen LogP contribution in [-0.4, -0.2) is 30.5 Å². The third-order valence-corrected chi connectivity index (χ3v) is 4.61. The predicted molar refractivity (Wildman–Crippen MR) is 88.5 cm³/mol. The maximum atomic E-state index is 12.6. The second-order valence-electron chi connectivity index (χ2n) is 6.31. The Morgan fingerprint density at radius 3 is 2.74 bits per heavy atom. The van der Waals surface area contributed by atoms with Gasteiger partial charge in [-0.3, -0.25) is 14.5 Å². The summed E-state index contributed by atoms with van der Waals surface area (Å²) in [7, 11) is 0. The SMILES string of the molecule is CC[C@@H]1Oc2ccccc2N(CC(=O)NC2CCCCC2)C1=O. The minimum absolute atomic E-state index is 0.0617. The van der Waals surface area contributed by atoms with E-state index in [2.05, 4.69) is 5.32 Å². The number of nitrogens with one attached hydrogen (secondary N) is 1. The second kappa shape index (κ2) is 7.02. The molecule has 124 valence electrons. The molecule has 1 fully saturated rings. The summed E-state index contributed by atoms with van der Waals surface area (Å²) in [5, 5.41) is 3.08. The number of benzene rings is 1. The van der Waals surface area contributed by atoms with Crippen molar-refractivity contribution in [3.05, 3.63) is 24.3 Å². The largest absolute Gasteiger partial charge is 0.478 e. The zero-order chi connectivity index (χ0) is 16.2. The van der Waals surface area contributed by atoms with Crippen LogP contribution in [0.4, 0.5) is 5.69 Å². The third kappa shape index (κ3) is 3.49. The van der Waals surface area contributed by atoms with Crippen LogP contribution < -0.4 is 15.0 Å². The van der Waals surface area contributed by atoms with E-state index < -0.39 is 6.10 Å². The summed E-state index contributed by atoms with van der Waals surface area (Å²) in [4.78, 5) is 26.5. The van der Waals surface area contributed by atoms with E-state index in [-0.39, 0.29) is 24.4 Å². The van der Waals surface area contributed by atoms with Crippen LogP contribution in [-0.2, 0) is 9.59 Å². The molecule has 1 atom stereocenters. The Balaban J connectivity index is 1.72. The van der Waals surface area contributed by atoms with Gasteiger partial charge in [0.05, 0.1) is 5.69 Å². The zero-order valence-electron chi connectivity index (χ0n) is 13.6. The van der Waals surface area contributed by atoms with Gasteiger partial charge in [0.2, 0.25) is 5.91 Å². The van der Waals surface area contributed by atoms with Crippen molar-refractivity contribution >= 4 is 17.5 Å². The fraction of sp³-hybridized carbons (Fsp3) is 0.556. The lowest BCUT2D eigenvalue weighted by molar-refractivity contribution is -0.129. The van der Waals surface area contributed by atoms with E-state index in [1.807, 2.05) is 31.2 Å². The van der Waals surface area contributed by atoms with Gasteiger partial charge in [0, 0.05) is 6.04 Å². The molecule has 1 heterocycles. The lowest BCUT2D eigenvalue weighted by Crippen LogP contribution is -2.51. The van der Waals surface area contributed by atoms with Crippen molar-refractivity contribution in [2.45, 2.75) is 57.6 Å². The minimum atomic E-state index is -0.507. The molecule has 0 aromatic heterocycles. The molecule has 5 heteroatoms. The summed E-state index contributed by atoms with van der Waals surface area (Å²) < 4.78 is 5.73. The number of amides is 2. The van der Waals surface area contributed by atoms with E-state index in [0.29, 0.717) is 17.9 Å². The molecule has 0 spiro atoms. The molecular weight excluding hydrogens is 292 g/mol. The molecule has 1 aromatic rings. The summed E-state index contributed by atoms with van der Waals surface area (Å²) in [6.45, 7) is 1.98. The Hall–Kier alpha value is -2.04. The Morgan fingerprint density at radius 2 is 2.00 bits per heavy atom. The number of carbonyl (C=O) groups excluding carboxylic acids is 2. The van der Waals surface area contributed by atoms with Crippen molar-refractivity contribution in [3.8, 4) is 5.75 Å². The van der Waals surface area contributed by atoms with Gasteiger partial charge in [0.15, 0.2) is 6.10 Å². The van der Waals surface area contributed by atoms with Gasteiger partial charge >= 0.3 is 0 Å². The Morgan fingerprint density at radius 1 is 1.26 bits per heavy atom. The zero-order valence-corrected chi connectivity index (χ0v) is 13.6. The topological polar surface area (TPSA) is 58.6 Å². The molecule has 2 amide bonds. The summed E-state index contributed by atoms with van der Waals surface area (Å²) >= 11 is 0. The molecule has 1 N–H and O–H groups in total. The van der Waals surface area contributed by atoms with Gasteiger partial charge in [-0.15, -0.1) is 0 Å². The summed E-state index contributed by atoms with van der Waals surface area (Å²) in [6, 6.07) is 7.66. The number of para-hydroxylation sites is 2. The average Bonchev–Trinajstić information content (AvgIpc) is 2.58. The highest BCUT2D eigenvalue weighted by molar-refractivity contribution is 6.03. The van der Waals surface area contributed by atoms with Crippen molar-refractivity contribution in [2.24, 2.45) is 0 Å². The highest BCUT2D eigenvalue weighted by Gasteiger charge is 2.34. The Labute approximate surface area is 137 Å². The first-order chi connectivity index (χ1) is 11.2. The van der Waals surface area contributed by atoms with E-state index in [1.54, 1.807) is 4.90 Å². The fourth-order valence-electron chi connectivity index (χ4n) is 3.36. The quantitative estimate of drug-likeness (QED) is 0.929. The van der Waals surface area contributed by atoms with Gasteiger partial charge in [-0.05, 0) is 31.4 Å². The molecule has 2 aliphatic rings. The van der Waals surface area contributed by atoms with Crippen molar-refractivity contribution in [3.63, 3.8) is 0 Å². The molecule has 0 unspecified atom stereocenters. The van der Waals surface area contributed by atoms with E-state index in [9.17, 15) is 9.59 Å². The molecule has 1 aliphatic carbocycles. The summed E-state index contributed by atoms with van der Waals surface area (Å²) in [6.07, 6.45) is 5.75. The number of fused-ring (bicyclic) bond motifs is 1. The van der Waals surface area contributed by atoms with E-state index in [4.69, 9.17) is 4.74 Å². The molecule has 0 radical (unpaired) electrons. The first-order valence-corrected chi connectivity index (χ1v) is 8.55. The highest BCUT2D eigenvalue weighted by atomic mass is 16.5. The number of carbonyl (C=O) groups is 2. The maximum absolute atomic E-state index is 12.6. The van der Waals surface area contributed by atoms with Crippen LogP contribution in [0.3, 0.4) is 0 Å². The van der Waals surface area contributed by atoms with Crippen molar-refractivity contribution in [1.29, 1.82) is 0 Å². The van der Waals surface area contributed by atoms with E-state index >= 15 is 0 Å². The first-order valence-electron chi connectivity index (χ1n) is 8.55. The van der Waals surface area contributed by atoms with E-state index in [0.717, 1.165) is 12.8 Å². The molecule has 3 rings (SSSR count). The van der Waals surface area contributed by atoms with Crippen LogP contribution in [0.25, 0.3) is 0 Å². The standard InChI is InChI=1S/C18H24N2O3/c1-2-15-18(22)20(14-10-6-7-11-16(14)23-15)12-17(21)19-13-8-4-3-5-9-13/h6-7,10-11,13,15H,2-5,8-9,12H2,1H3,(H,19,21)/t15-/m0/s1. The Kier molecular flexibility index (Phi) is 4.84. The number of hydrogen-bond donors (Lipinski definition) is 1. The second-order valence-corrected chi connectivity index (χ2v) is 6.31. The van der Waals surface area contributed by atoms with Gasteiger partial charge in [-0.2, -0.15) is 0 Å². The fourth-order valence-corrected chi connectivity index (χ4v) is 3.36. The van der Waals surface area contributed by atoms with Gasteiger partial charge in [0.1, 0.15) is 12.3 Å². The molecule has 1 aliphatic heterocycles. The van der Waals surface area contributed by atoms with E-state index in [1.165, 1.54) is 19.3 Å². The van der Waals surface area contributed by atoms with Crippen LogP contribution in [0.5, 0.6) is 5.75 Å². The van der Waals surface area contributed by atoms with Crippen LogP contribution in [0, 0.1) is 0 Å². The average molecular weight is 316 g/mol. The van der Waals surface area contributed by atoms with Gasteiger partial charge in [-0.25, -0.2) is 0 Å². The van der Waals surface area contributed by atoms with Crippen LogP contribution >= 0.6 is 0 Å². The number of anilines is 1. The first kappa shape index (κ1) is 15.8. The molecule has 0 saturated heterocycles. The Bertz CT molecular complexity index is 581. The lowest BCUT2D eigenvalue weighted by atomic mass is 9.95. The molecule has 5 nitrogen and oxygen atoms in total. The maximum Gasteiger partial charge on any atom is 0.268 e. The molecular formula is C18H24N2O3. The number of rotatable bonds is 4. The summed E-state index contributed by atoms with van der Waals surface area (Å²) in [5.41, 5.74) is 0.681. The number of ether oxygens (including phenoxy) is 1. The molecule has 0 bridgehead atoms. The predicted octanol–water partition coefficient (Wildman–Crippen LogP) is 2.64. The van der Waals surface area contributed by atoms with Crippen LogP contribution in [0.2, 0.25) is 0 Å². The molecule has 1 aromatic carbocycles. The highest BCUT2D eigenvalue weighted by Crippen LogP contribution is 2.34. The summed E-state index contributed by atoms with van der Waals surface area (Å²) in [5.74, 6) is 0.450. The minimum Gasteiger partial charge on any atom is -0.478 e. The van der Waals surface area contributed by atoms with Gasteiger partial charge in [-0.1, -0.05) is 38.3 Å². The molecule has 23 heavy (non-hydrogen) atoms. The van der Waals surface area contributed by atoms with Crippen molar-refractivity contribution in [2.75, 3.05) is 11.4 Å². The van der Waals surface area contributed by atoms with Gasteiger partial charge in [0.25, 0.3) is 5.91 Å². The lowest BCUT2D eigenvalue weighted by Gasteiger charge is -2.34. The molecule has 1 saturated carbocycles. The van der Waals surface area contributed by atoms with Gasteiger partial charge < -0.3 is 10.1 Å². The van der Waals surface area contributed by atoms with Crippen molar-refractivity contribution in [1.82, 2.24) is 5.32 Å².